The average molecular weight is 444 g/mol. The van der Waals surface area contributed by atoms with E-state index in [1.807, 2.05) is 29.8 Å². The fourth-order valence-electron chi connectivity index (χ4n) is 3.45. The maximum atomic E-state index is 11.6. The van der Waals surface area contributed by atoms with Crippen molar-refractivity contribution in [2.75, 3.05) is 10.6 Å². The van der Waals surface area contributed by atoms with Crippen LogP contribution in [0.1, 0.15) is 39.7 Å². The van der Waals surface area contributed by atoms with E-state index in [9.17, 15) is 4.79 Å². The number of nitrogens with one attached hydrogen (secondary N) is 2. The number of anilines is 3. The molecule has 4 rings (SSSR count). The van der Waals surface area contributed by atoms with Gasteiger partial charge in [-0.25, -0.2) is 9.97 Å². The summed E-state index contributed by atoms with van der Waals surface area (Å²) in [4.78, 5) is 20.5. The van der Waals surface area contributed by atoms with E-state index in [4.69, 9.17) is 9.72 Å². The molecule has 0 aliphatic carbocycles. The first-order valence-electron chi connectivity index (χ1n) is 11.0. The Morgan fingerprint density at radius 2 is 1.76 bits per heavy atom. The number of hydrogen-bond acceptors (Lipinski definition) is 5. The van der Waals surface area contributed by atoms with Crippen LogP contribution in [0.3, 0.4) is 0 Å². The molecule has 2 aromatic carbocycles. The molecule has 7 heteroatoms. The van der Waals surface area contributed by atoms with Crippen molar-refractivity contribution in [1.82, 2.24) is 14.5 Å². The number of benzene rings is 2. The zero-order valence-corrected chi connectivity index (χ0v) is 19.6. The van der Waals surface area contributed by atoms with Crippen LogP contribution >= 0.6 is 0 Å². The number of aryl methyl sites for hydroxylation is 1. The third-order valence-electron chi connectivity index (χ3n) is 5.42. The Bertz CT molecular complexity index is 1290. The zero-order valence-electron chi connectivity index (χ0n) is 19.6. The van der Waals surface area contributed by atoms with Gasteiger partial charge in [0.1, 0.15) is 17.3 Å². The summed E-state index contributed by atoms with van der Waals surface area (Å²) >= 11 is 0. The van der Waals surface area contributed by atoms with Crippen molar-refractivity contribution < 1.29 is 9.53 Å². The summed E-state index contributed by atoms with van der Waals surface area (Å²) in [6.45, 7) is 8.40. The summed E-state index contributed by atoms with van der Waals surface area (Å²) in [6, 6.07) is 17.7. The predicted octanol–water partition coefficient (Wildman–Crippen LogP) is 6.15. The van der Waals surface area contributed by atoms with Crippen LogP contribution in [-0.4, -0.2) is 20.4 Å². The van der Waals surface area contributed by atoms with Gasteiger partial charge in [0, 0.05) is 37.5 Å². The molecule has 0 aliphatic heterocycles. The molecule has 0 unspecified atom stereocenters. The van der Waals surface area contributed by atoms with E-state index >= 15 is 0 Å². The quantitative estimate of drug-likeness (QED) is 0.373. The maximum Gasteiger partial charge on any atom is 0.225 e. The van der Waals surface area contributed by atoms with Crippen LogP contribution < -0.4 is 15.4 Å². The largest absolute Gasteiger partial charge is 0.457 e. The third kappa shape index (κ3) is 5.14. The molecule has 0 radical (unpaired) electrons. The zero-order chi connectivity index (χ0) is 23.6. The molecule has 0 aliphatic rings. The first kappa shape index (κ1) is 22.3. The van der Waals surface area contributed by atoms with Gasteiger partial charge in [0.15, 0.2) is 0 Å². The van der Waals surface area contributed by atoms with Crippen molar-refractivity contribution in [2.24, 2.45) is 7.05 Å². The molecule has 0 bridgehead atoms. The molecule has 2 N–H and O–H groups in total. The van der Waals surface area contributed by atoms with E-state index in [-0.39, 0.29) is 11.3 Å². The van der Waals surface area contributed by atoms with Gasteiger partial charge in [0.25, 0.3) is 0 Å². The molecule has 0 saturated carbocycles. The van der Waals surface area contributed by atoms with Crippen LogP contribution in [0.5, 0.6) is 11.5 Å². The molecule has 2 aromatic heterocycles. The third-order valence-corrected chi connectivity index (χ3v) is 5.42. The second kappa shape index (κ2) is 8.94. The van der Waals surface area contributed by atoms with E-state index < -0.39 is 0 Å². The Morgan fingerprint density at radius 3 is 2.45 bits per heavy atom. The highest BCUT2D eigenvalue weighted by molar-refractivity contribution is 5.89. The van der Waals surface area contributed by atoms with Gasteiger partial charge in [-0.3, -0.25) is 4.79 Å². The monoisotopic (exact) mass is 443 g/mol. The minimum absolute atomic E-state index is 0.0948. The van der Waals surface area contributed by atoms with Gasteiger partial charge in [-0.05, 0) is 41.3 Å². The highest BCUT2D eigenvalue weighted by Crippen LogP contribution is 2.29. The number of amides is 1. The topological polar surface area (TPSA) is 81.1 Å². The minimum atomic E-state index is -0.0948. The van der Waals surface area contributed by atoms with E-state index in [1.165, 1.54) is 5.56 Å². The lowest BCUT2D eigenvalue weighted by atomic mass is 9.87. The summed E-state index contributed by atoms with van der Waals surface area (Å²) in [5, 5.41) is 6.14. The van der Waals surface area contributed by atoms with Crippen molar-refractivity contribution in [2.45, 2.75) is 39.5 Å². The second-order valence-electron chi connectivity index (χ2n) is 8.98. The summed E-state index contributed by atoms with van der Waals surface area (Å²) < 4.78 is 8.01. The molecular formula is C26H29N5O2. The van der Waals surface area contributed by atoms with Gasteiger partial charge in [-0.2, -0.15) is 0 Å². The standard InChI is InChI=1S/C26H29N5O2/c1-6-24(32)30-23-16-20(13-14-27-23)33-19-11-12-22-21(15-19)29-25(31(22)5)28-18-9-7-17(8-10-18)26(2,3)4/h7-16H,6H2,1-5H3,(H,28,29)(H,27,30,32). The van der Waals surface area contributed by atoms with Crippen LogP contribution in [-0.2, 0) is 17.3 Å². The smallest absolute Gasteiger partial charge is 0.225 e. The number of rotatable bonds is 6. The van der Waals surface area contributed by atoms with E-state index in [0.717, 1.165) is 22.7 Å². The number of imidazole rings is 1. The van der Waals surface area contributed by atoms with E-state index in [0.29, 0.717) is 23.7 Å². The van der Waals surface area contributed by atoms with Gasteiger partial charge >= 0.3 is 0 Å². The van der Waals surface area contributed by atoms with Crippen LogP contribution in [0, 0.1) is 0 Å². The van der Waals surface area contributed by atoms with Gasteiger partial charge in [-0.15, -0.1) is 0 Å². The highest BCUT2D eigenvalue weighted by Gasteiger charge is 2.14. The molecule has 0 saturated heterocycles. The maximum absolute atomic E-state index is 11.6. The molecule has 0 fully saturated rings. The van der Waals surface area contributed by atoms with Crippen molar-refractivity contribution in [3.63, 3.8) is 0 Å². The van der Waals surface area contributed by atoms with Crippen molar-refractivity contribution in [3.05, 3.63) is 66.4 Å². The SMILES string of the molecule is CCC(=O)Nc1cc(Oc2ccc3c(c2)nc(Nc2ccc(C(C)(C)C)cc2)n3C)ccn1. The lowest BCUT2D eigenvalue weighted by Crippen LogP contribution is -2.10. The number of ether oxygens (including phenoxy) is 1. The molecule has 2 heterocycles. The number of fused-ring (bicyclic) bond motifs is 1. The summed E-state index contributed by atoms with van der Waals surface area (Å²) in [6.07, 6.45) is 1.99. The van der Waals surface area contributed by atoms with Gasteiger partial charge < -0.3 is 19.9 Å². The Balaban J connectivity index is 1.53. The number of hydrogen-bond donors (Lipinski definition) is 2. The Morgan fingerprint density at radius 1 is 1.03 bits per heavy atom. The lowest BCUT2D eigenvalue weighted by Gasteiger charge is -2.19. The molecule has 170 valence electrons. The van der Waals surface area contributed by atoms with E-state index in [2.05, 4.69) is 60.7 Å². The van der Waals surface area contributed by atoms with Crippen LogP contribution in [0.15, 0.2) is 60.8 Å². The Labute approximate surface area is 193 Å². The molecule has 7 nitrogen and oxygen atoms in total. The van der Waals surface area contributed by atoms with Crippen LogP contribution in [0.4, 0.5) is 17.5 Å². The number of nitrogens with zero attached hydrogens (tertiary/aromatic N) is 3. The van der Waals surface area contributed by atoms with Crippen LogP contribution in [0.25, 0.3) is 11.0 Å². The molecule has 4 aromatic rings. The number of carbonyl (C=O) groups excluding carboxylic acids is 1. The molecule has 0 atom stereocenters. The predicted molar refractivity (Wildman–Crippen MR) is 132 cm³/mol. The summed E-state index contributed by atoms with van der Waals surface area (Å²) in [5.41, 5.74) is 4.19. The second-order valence-corrected chi connectivity index (χ2v) is 8.98. The number of pyridine rings is 1. The first-order valence-corrected chi connectivity index (χ1v) is 11.0. The molecule has 33 heavy (non-hydrogen) atoms. The van der Waals surface area contributed by atoms with Gasteiger partial charge in [-0.1, -0.05) is 39.8 Å². The molecular weight excluding hydrogens is 414 g/mol. The normalized spacial score (nSPS) is 11.4. The van der Waals surface area contributed by atoms with Gasteiger partial charge in [0.05, 0.1) is 11.0 Å². The summed E-state index contributed by atoms with van der Waals surface area (Å²) in [7, 11) is 1.98. The minimum Gasteiger partial charge on any atom is -0.457 e. The Kier molecular flexibility index (Phi) is 6.05. The number of aromatic nitrogens is 3. The number of carbonyl (C=O) groups is 1. The molecule has 0 spiro atoms. The van der Waals surface area contributed by atoms with Crippen molar-refractivity contribution in [3.8, 4) is 11.5 Å². The fraction of sp³-hybridized carbons (Fsp3) is 0.269. The van der Waals surface area contributed by atoms with Crippen LogP contribution in [0.2, 0.25) is 0 Å². The summed E-state index contributed by atoms with van der Waals surface area (Å²) in [5.74, 6) is 2.36. The van der Waals surface area contributed by atoms with Crippen molar-refractivity contribution in [1.29, 1.82) is 0 Å². The molecule has 1 amide bonds. The fourth-order valence-corrected chi connectivity index (χ4v) is 3.45. The first-order chi connectivity index (χ1) is 15.7. The Hall–Kier alpha value is -3.87. The highest BCUT2D eigenvalue weighted by atomic mass is 16.5. The van der Waals surface area contributed by atoms with E-state index in [1.54, 1.807) is 25.3 Å². The lowest BCUT2D eigenvalue weighted by molar-refractivity contribution is -0.115. The average Bonchev–Trinajstić information content (AvgIpc) is 3.08. The van der Waals surface area contributed by atoms with Crippen molar-refractivity contribution >= 4 is 34.4 Å². The van der Waals surface area contributed by atoms with Gasteiger partial charge in [0.2, 0.25) is 11.9 Å².